The Bertz CT molecular complexity index is 439. The molecule has 0 spiro atoms. The Labute approximate surface area is 103 Å². The molecule has 1 aromatic carbocycles. The largest absolute Gasteiger partial charge is 0.393 e. The molecule has 94 valence electrons. The highest BCUT2D eigenvalue weighted by Crippen LogP contribution is 2.33. The van der Waals surface area contributed by atoms with E-state index < -0.39 is 22.8 Å². The van der Waals surface area contributed by atoms with Crippen LogP contribution in [0.3, 0.4) is 0 Å². The van der Waals surface area contributed by atoms with Crippen LogP contribution in [0.25, 0.3) is 0 Å². The van der Waals surface area contributed by atoms with Crippen LogP contribution < -0.4 is 0 Å². The van der Waals surface area contributed by atoms with Crippen molar-refractivity contribution in [2.24, 2.45) is 0 Å². The molecule has 0 amide bonds. The van der Waals surface area contributed by atoms with E-state index in [1.165, 1.54) is 0 Å². The van der Waals surface area contributed by atoms with Gasteiger partial charge in [0.1, 0.15) is 5.82 Å². The van der Waals surface area contributed by atoms with E-state index in [1.54, 1.807) is 13.8 Å². The Balaban J connectivity index is 3.30. The highest BCUT2D eigenvalue weighted by atomic mass is 35.5. The number of aliphatic hydroxyl groups excluding tert-OH is 1. The number of nitro benzene ring substituents is 1. The summed E-state index contributed by atoms with van der Waals surface area (Å²) in [5, 5.41) is 20.2. The van der Waals surface area contributed by atoms with Crippen molar-refractivity contribution < 1.29 is 14.4 Å². The monoisotopic (exact) mass is 261 g/mol. The van der Waals surface area contributed by atoms with Crippen molar-refractivity contribution in [3.05, 3.63) is 38.7 Å². The van der Waals surface area contributed by atoms with Crippen LogP contribution in [0.15, 0.2) is 12.1 Å². The number of aliphatic hydroxyl groups is 1. The summed E-state index contributed by atoms with van der Waals surface area (Å²) in [5.74, 6) is -1.24. The third-order valence-electron chi connectivity index (χ3n) is 2.75. The molecule has 0 aromatic heterocycles. The molecule has 0 saturated heterocycles. The normalized spacial score (nSPS) is 14.4. The molecule has 0 aliphatic heterocycles. The van der Waals surface area contributed by atoms with Crippen LogP contribution in [0.4, 0.5) is 10.1 Å². The van der Waals surface area contributed by atoms with Gasteiger partial charge in [0, 0.05) is 17.5 Å². The maximum atomic E-state index is 13.3. The predicted molar refractivity (Wildman–Crippen MR) is 62.8 cm³/mol. The minimum Gasteiger partial charge on any atom is -0.393 e. The fourth-order valence-corrected chi connectivity index (χ4v) is 1.79. The van der Waals surface area contributed by atoms with Crippen molar-refractivity contribution in [2.45, 2.75) is 32.3 Å². The van der Waals surface area contributed by atoms with Gasteiger partial charge in [0.05, 0.1) is 16.0 Å². The molecule has 4 nitrogen and oxygen atoms in total. The second kappa shape index (κ2) is 5.42. The number of halogens is 2. The summed E-state index contributed by atoms with van der Waals surface area (Å²) in [7, 11) is 0. The molecule has 0 aliphatic carbocycles. The van der Waals surface area contributed by atoms with Gasteiger partial charge in [-0.1, -0.05) is 25.4 Å². The number of nitrogens with zero attached hydrogens (tertiary/aromatic N) is 1. The molecule has 0 saturated carbocycles. The minimum absolute atomic E-state index is 0.159. The Morgan fingerprint density at radius 3 is 2.65 bits per heavy atom. The molecule has 0 bridgehead atoms. The second-order valence-corrected chi connectivity index (χ2v) is 4.25. The summed E-state index contributed by atoms with van der Waals surface area (Å²) in [6.07, 6.45) is -0.322. The summed E-state index contributed by atoms with van der Waals surface area (Å²) in [5.41, 5.74) is -0.109. The van der Waals surface area contributed by atoms with E-state index in [2.05, 4.69) is 0 Å². The molecule has 1 aromatic rings. The maximum absolute atomic E-state index is 13.3. The quantitative estimate of drug-likeness (QED) is 0.668. The van der Waals surface area contributed by atoms with Gasteiger partial charge in [0.15, 0.2) is 0 Å². The SMILES string of the molecule is CCC(O)C(C)c1cc(F)c(Cl)cc1[N+](=O)[O-]. The summed E-state index contributed by atoms with van der Waals surface area (Å²) >= 11 is 5.51. The standard InChI is InChI=1S/C11H13ClFNO3/c1-3-11(15)6(2)7-4-9(13)8(12)5-10(7)14(16)17/h4-6,11,15H,3H2,1-2H3. The summed E-state index contributed by atoms with van der Waals surface area (Å²) in [6, 6.07) is 2.00. The zero-order valence-electron chi connectivity index (χ0n) is 9.48. The van der Waals surface area contributed by atoms with Gasteiger partial charge in [-0.2, -0.15) is 0 Å². The van der Waals surface area contributed by atoms with Crippen LogP contribution in [0.1, 0.15) is 31.7 Å². The number of nitro groups is 1. The average molecular weight is 262 g/mol. The zero-order valence-corrected chi connectivity index (χ0v) is 10.2. The van der Waals surface area contributed by atoms with E-state index in [1.807, 2.05) is 0 Å². The fraction of sp³-hybridized carbons (Fsp3) is 0.455. The van der Waals surface area contributed by atoms with E-state index in [-0.39, 0.29) is 16.3 Å². The third-order valence-corrected chi connectivity index (χ3v) is 3.04. The van der Waals surface area contributed by atoms with Crippen molar-refractivity contribution in [1.82, 2.24) is 0 Å². The molecule has 1 rings (SSSR count). The van der Waals surface area contributed by atoms with Gasteiger partial charge >= 0.3 is 0 Å². The van der Waals surface area contributed by atoms with E-state index in [9.17, 15) is 19.6 Å². The third kappa shape index (κ3) is 2.92. The first-order chi connectivity index (χ1) is 7.88. The van der Waals surface area contributed by atoms with Gasteiger partial charge in [0.25, 0.3) is 5.69 Å². The summed E-state index contributed by atoms with van der Waals surface area (Å²) < 4.78 is 13.3. The lowest BCUT2D eigenvalue weighted by Gasteiger charge is -2.17. The Hall–Kier alpha value is -1.20. The van der Waals surface area contributed by atoms with Crippen molar-refractivity contribution in [3.8, 4) is 0 Å². The lowest BCUT2D eigenvalue weighted by atomic mass is 9.92. The molecule has 0 heterocycles. The highest BCUT2D eigenvalue weighted by molar-refractivity contribution is 6.31. The van der Waals surface area contributed by atoms with Crippen molar-refractivity contribution in [2.75, 3.05) is 0 Å². The van der Waals surface area contributed by atoms with E-state index in [0.29, 0.717) is 6.42 Å². The van der Waals surface area contributed by atoms with Gasteiger partial charge < -0.3 is 5.11 Å². The Morgan fingerprint density at radius 1 is 1.59 bits per heavy atom. The van der Waals surface area contributed by atoms with Crippen LogP contribution in [-0.4, -0.2) is 16.1 Å². The molecule has 0 fully saturated rings. The molecular weight excluding hydrogens is 249 g/mol. The van der Waals surface area contributed by atoms with Crippen molar-refractivity contribution in [3.63, 3.8) is 0 Å². The first-order valence-corrected chi connectivity index (χ1v) is 5.57. The smallest absolute Gasteiger partial charge is 0.274 e. The molecule has 0 radical (unpaired) electrons. The summed E-state index contributed by atoms with van der Waals surface area (Å²) in [4.78, 5) is 10.2. The number of rotatable bonds is 4. The first-order valence-electron chi connectivity index (χ1n) is 5.19. The average Bonchev–Trinajstić information content (AvgIpc) is 2.29. The highest BCUT2D eigenvalue weighted by Gasteiger charge is 2.25. The molecule has 2 atom stereocenters. The zero-order chi connectivity index (χ0) is 13.2. The molecule has 17 heavy (non-hydrogen) atoms. The van der Waals surface area contributed by atoms with Crippen LogP contribution in [0, 0.1) is 15.9 Å². The summed E-state index contributed by atoms with van der Waals surface area (Å²) in [6.45, 7) is 3.36. The Morgan fingerprint density at radius 2 is 2.18 bits per heavy atom. The number of hydrogen-bond donors (Lipinski definition) is 1. The predicted octanol–water partition coefficient (Wildman–Crippen LogP) is 3.26. The van der Waals surface area contributed by atoms with Crippen molar-refractivity contribution >= 4 is 17.3 Å². The van der Waals surface area contributed by atoms with Crippen LogP contribution in [0.2, 0.25) is 5.02 Å². The van der Waals surface area contributed by atoms with Gasteiger partial charge in [0.2, 0.25) is 0 Å². The Kier molecular flexibility index (Phi) is 4.42. The van der Waals surface area contributed by atoms with Crippen molar-refractivity contribution in [1.29, 1.82) is 0 Å². The molecule has 0 aliphatic rings. The lowest BCUT2D eigenvalue weighted by Crippen LogP contribution is -2.16. The molecule has 6 heteroatoms. The van der Waals surface area contributed by atoms with Gasteiger partial charge in [-0.3, -0.25) is 10.1 Å². The van der Waals surface area contributed by atoms with Crippen LogP contribution in [-0.2, 0) is 0 Å². The topological polar surface area (TPSA) is 63.4 Å². The number of benzene rings is 1. The van der Waals surface area contributed by atoms with Gasteiger partial charge in [-0.15, -0.1) is 0 Å². The fourth-order valence-electron chi connectivity index (χ4n) is 1.64. The van der Waals surface area contributed by atoms with E-state index in [0.717, 1.165) is 12.1 Å². The second-order valence-electron chi connectivity index (χ2n) is 3.85. The van der Waals surface area contributed by atoms with E-state index >= 15 is 0 Å². The van der Waals surface area contributed by atoms with Gasteiger partial charge in [-0.25, -0.2) is 4.39 Å². The molecular formula is C11H13ClFNO3. The van der Waals surface area contributed by atoms with Gasteiger partial charge in [-0.05, 0) is 12.5 Å². The van der Waals surface area contributed by atoms with Crippen LogP contribution in [0.5, 0.6) is 0 Å². The lowest BCUT2D eigenvalue weighted by molar-refractivity contribution is -0.385. The maximum Gasteiger partial charge on any atom is 0.274 e. The van der Waals surface area contributed by atoms with Crippen LogP contribution >= 0.6 is 11.6 Å². The van der Waals surface area contributed by atoms with E-state index in [4.69, 9.17) is 11.6 Å². The number of hydrogen-bond acceptors (Lipinski definition) is 3. The molecule has 2 unspecified atom stereocenters. The first kappa shape index (κ1) is 13.9. The molecule has 1 N–H and O–H groups in total. The minimum atomic E-state index is -0.755.